The molecule has 3 rings (SSSR count). The molecule has 0 saturated carbocycles. The van der Waals surface area contributed by atoms with E-state index in [1.54, 1.807) is 0 Å². The number of hydrogen-bond donors (Lipinski definition) is 0. The highest BCUT2D eigenvalue weighted by Crippen LogP contribution is 2.39. The maximum atomic E-state index is 12.0. The molecule has 4 nitrogen and oxygen atoms in total. The van der Waals surface area contributed by atoms with Crippen LogP contribution in [-0.4, -0.2) is 31.4 Å². The molecule has 0 bridgehead atoms. The van der Waals surface area contributed by atoms with Gasteiger partial charge < -0.3 is 14.2 Å². The molecule has 0 aromatic heterocycles. The van der Waals surface area contributed by atoms with Gasteiger partial charge in [0, 0.05) is 12.5 Å². The van der Waals surface area contributed by atoms with Gasteiger partial charge in [-0.25, -0.2) is 0 Å². The molecule has 4 atom stereocenters. The highest BCUT2D eigenvalue weighted by atomic mass is 16.6. The first-order chi connectivity index (χ1) is 8.72. The molecular formula is C14H20O4. The van der Waals surface area contributed by atoms with Crippen LogP contribution in [0.25, 0.3) is 0 Å². The third-order valence-electron chi connectivity index (χ3n) is 4.02. The quantitative estimate of drug-likeness (QED) is 0.569. The van der Waals surface area contributed by atoms with E-state index in [4.69, 9.17) is 14.2 Å². The van der Waals surface area contributed by atoms with Crippen LogP contribution in [0.1, 0.15) is 32.6 Å². The molecule has 2 saturated heterocycles. The molecule has 2 heterocycles. The van der Waals surface area contributed by atoms with Crippen LogP contribution in [0.4, 0.5) is 0 Å². The number of allylic oxidation sites excluding steroid dienone is 1. The van der Waals surface area contributed by atoms with Gasteiger partial charge in [0.25, 0.3) is 0 Å². The molecule has 2 fully saturated rings. The van der Waals surface area contributed by atoms with Gasteiger partial charge in [0.1, 0.15) is 5.76 Å². The minimum Gasteiger partial charge on any atom is -0.483 e. The monoisotopic (exact) mass is 252 g/mol. The molecule has 2 aliphatic heterocycles. The first-order valence-corrected chi connectivity index (χ1v) is 6.87. The normalized spacial score (nSPS) is 38.2. The Bertz CT molecular complexity index is 363. The number of carbonyl (C=O) groups excluding carboxylic acids is 1. The van der Waals surface area contributed by atoms with Crippen LogP contribution < -0.4 is 0 Å². The number of epoxide rings is 1. The Morgan fingerprint density at radius 3 is 3.17 bits per heavy atom. The summed E-state index contributed by atoms with van der Waals surface area (Å²) in [6, 6.07) is 0. The molecule has 0 N–H and O–H groups in total. The van der Waals surface area contributed by atoms with Crippen molar-refractivity contribution in [3.8, 4) is 0 Å². The van der Waals surface area contributed by atoms with Crippen LogP contribution in [0.3, 0.4) is 0 Å². The lowest BCUT2D eigenvalue weighted by Crippen LogP contribution is -2.30. The van der Waals surface area contributed by atoms with Crippen LogP contribution in [0.5, 0.6) is 0 Å². The van der Waals surface area contributed by atoms with E-state index in [-0.39, 0.29) is 18.0 Å². The van der Waals surface area contributed by atoms with Gasteiger partial charge in [-0.3, -0.25) is 4.79 Å². The molecule has 4 unspecified atom stereocenters. The highest BCUT2D eigenvalue weighted by molar-refractivity contribution is 5.72. The fourth-order valence-electron chi connectivity index (χ4n) is 2.82. The maximum Gasteiger partial charge on any atom is 0.309 e. The van der Waals surface area contributed by atoms with Gasteiger partial charge in [-0.15, -0.1) is 0 Å². The molecular weight excluding hydrogens is 232 g/mol. The molecule has 3 aliphatic rings. The second-order valence-corrected chi connectivity index (χ2v) is 5.58. The van der Waals surface area contributed by atoms with E-state index in [1.807, 2.05) is 6.92 Å². The van der Waals surface area contributed by atoms with Crippen molar-refractivity contribution in [2.45, 2.75) is 44.8 Å². The van der Waals surface area contributed by atoms with Gasteiger partial charge in [0.15, 0.2) is 6.10 Å². The Labute approximate surface area is 107 Å². The van der Waals surface area contributed by atoms with Crippen molar-refractivity contribution in [3.05, 3.63) is 11.8 Å². The molecule has 18 heavy (non-hydrogen) atoms. The molecule has 0 spiro atoms. The standard InChI is InChI=1S/C14H20O4/c1-9-6-11(4-5-16-9)14(15)17-8-10-2-3-12-13(7-10)18-12/h3,9-11,13H,2,4-8H2,1H3. The van der Waals surface area contributed by atoms with Crippen molar-refractivity contribution in [2.24, 2.45) is 11.8 Å². The predicted octanol–water partition coefficient (Wildman–Crippen LogP) is 2.04. The van der Waals surface area contributed by atoms with Crippen molar-refractivity contribution in [1.29, 1.82) is 0 Å². The van der Waals surface area contributed by atoms with Crippen molar-refractivity contribution in [2.75, 3.05) is 13.2 Å². The summed E-state index contributed by atoms with van der Waals surface area (Å²) >= 11 is 0. The maximum absolute atomic E-state index is 12.0. The summed E-state index contributed by atoms with van der Waals surface area (Å²) in [4.78, 5) is 12.0. The fraction of sp³-hybridized carbons (Fsp3) is 0.786. The number of ether oxygens (including phenoxy) is 3. The van der Waals surface area contributed by atoms with Crippen LogP contribution in [-0.2, 0) is 19.0 Å². The second kappa shape index (κ2) is 4.92. The fourth-order valence-corrected chi connectivity index (χ4v) is 2.82. The Morgan fingerprint density at radius 2 is 2.39 bits per heavy atom. The lowest BCUT2D eigenvalue weighted by atomic mass is 9.94. The number of esters is 1. The Kier molecular flexibility index (Phi) is 3.29. The Morgan fingerprint density at radius 1 is 1.50 bits per heavy atom. The number of hydrogen-bond acceptors (Lipinski definition) is 4. The van der Waals surface area contributed by atoms with Gasteiger partial charge in [-0.05, 0) is 38.7 Å². The third kappa shape index (κ3) is 2.69. The zero-order valence-corrected chi connectivity index (χ0v) is 10.8. The summed E-state index contributed by atoms with van der Waals surface area (Å²) in [5.74, 6) is 1.55. The van der Waals surface area contributed by atoms with Gasteiger partial charge in [-0.2, -0.15) is 0 Å². The molecule has 1 aliphatic carbocycles. The van der Waals surface area contributed by atoms with Crippen LogP contribution in [0.15, 0.2) is 11.8 Å². The molecule has 0 amide bonds. The van der Waals surface area contributed by atoms with E-state index in [0.29, 0.717) is 25.2 Å². The topological polar surface area (TPSA) is 48.1 Å². The summed E-state index contributed by atoms with van der Waals surface area (Å²) in [6.07, 6.45) is 6.19. The lowest BCUT2D eigenvalue weighted by molar-refractivity contribution is -0.155. The van der Waals surface area contributed by atoms with Gasteiger partial charge in [-0.1, -0.05) is 0 Å². The highest BCUT2D eigenvalue weighted by Gasteiger charge is 2.38. The third-order valence-corrected chi connectivity index (χ3v) is 4.02. The van der Waals surface area contributed by atoms with Crippen molar-refractivity contribution < 1.29 is 19.0 Å². The van der Waals surface area contributed by atoms with E-state index in [2.05, 4.69) is 6.08 Å². The van der Waals surface area contributed by atoms with Crippen LogP contribution >= 0.6 is 0 Å². The molecule has 0 aromatic carbocycles. The van der Waals surface area contributed by atoms with E-state index in [0.717, 1.165) is 31.4 Å². The van der Waals surface area contributed by atoms with Gasteiger partial charge in [0.2, 0.25) is 0 Å². The average Bonchev–Trinajstić information content (AvgIpc) is 3.14. The van der Waals surface area contributed by atoms with Gasteiger partial charge in [0.05, 0.1) is 18.6 Å². The van der Waals surface area contributed by atoms with Crippen molar-refractivity contribution in [1.82, 2.24) is 0 Å². The zero-order chi connectivity index (χ0) is 12.5. The first-order valence-electron chi connectivity index (χ1n) is 6.87. The first kappa shape index (κ1) is 12.0. The summed E-state index contributed by atoms with van der Waals surface area (Å²) in [7, 11) is 0. The largest absolute Gasteiger partial charge is 0.483 e. The summed E-state index contributed by atoms with van der Waals surface area (Å²) in [5, 5.41) is 0. The zero-order valence-electron chi connectivity index (χ0n) is 10.8. The SMILES string of the molecule is CC1CC(C(=O)OCC2CC=C3OC3C2)CCO1. The Hall–Kier alpha value is -1.03. The number of rotatable bonds is 3. The van der Waals surface area contributed by atoms with E-state index in [9.17, 15) is 4.79 Å². The predicted molar refractivity (Wildman–Crippen MR) is 64.8 cm³/mol. The van der Waals surface area contributed by atoms with Crippen molar-refractivity contribution >= 4 is 5.97 Å². The summed E-state index contributed by atoms with van der Waals surface area (Å²) in [5.41, 5.74) is 0. The number of fused-ring (bicyclic) bond motifs is 1. The minimum atomic E-state index is -0.0448. The molecule has 0 radical (unpaired) electrons. The average molecular weight is 252 g/mol. The van der Waals surface area contributed by atoms with E-state index < -0.39 is 0 Å². The smallest absolute Gasteiger partial charge is 0.309 e. The van der Waals surface area contributed by atoms with E-state index >= 15 is 0 Å². The van der Waals surface area contributed by atoms with Crippen molar-refractivity contribution in [3.63, 3.8) is 0 Å². The Balaban J connectivity index is 1.42. The molecule has 100 valence electrons. The molecule has 0 aromatic rings. The molecule has 4 heteroatoms. The number of carbonyl (C=O) groups is 1. The van der Waals surface area contributed by atoms with E-state index in [1.165, 1.54) is 0 Å². The second-order valence-electron chi connectivity index (χ2n) is 5.58. The lowest BCUT2D eigenvalue weighted by Gasteiger charge is -2.26. The summed E-state index contributed by atoms with van der Waals surface area (Å²) in [6.45, 7) is 3.22. The minimum absolute atomic E-state index is 0.0284. The van der Waals surface area contributed by atoms with Crippen LogP contribution in [0.2, 0.25) is 0 Å². The van der Waals surface area contributed by atoms with Gasteiger partial charge >= 0.3 is 5.97 Å². The summed E-state index contributed by atoms with van der Waals surface area (Å²) < 4.78 is 16.2. The van der Waals surface area contributed by atoms with Crippen LogP contribution in [0, 0.1) is 11.8 Å².